The first-order valence-electron chi connectivity index (χ1n) is 11.6. The third-order valence-electron chi connectivity index (χ3n) is 6.59. The quantitative estimate of drug-likeness (QED) is 0.637. The molecule has 0 aromatic heterocycles. The largest absolute Gasteiger partial charge is 0.343 e. The van der Waals surface area contributed by atoms with E-state index in [0.717, 1.165) is 64.7 Å². The number of halogens is 1. The van der Waals surface area contributed by atoms with Gasteiger partial charge in [-0.05, 0) is 69.5 Å². The Morgan fingerprint density at radius 2 is 1.63 bits per heavy atom. The summed E-state index contributed by atoms with van der Waals surface area (Å²) in [7, 11) is 0. The van der Waals surface area contributed by atoms with E-state index in [0.29, 0.717) is 24.1 Å². The van der Waals surface area contributed by atoms with Gasteiger partial charge in [0.05, 0.1) is 0 Å². The average molecular weight is 418 g/mol. The highest BCUT2D eigenvalue weighted by molar-refractivity contribution is 5.92. The van der Waals surface area contributed by atoms with Crippen LogP contribution in [-0.2, 0) is 9.59 Å². The Bertz CT molecular complexity index is 678. The molecule has 0 saturated carbocycles. The lowest BCUT2D eigenvalue weighted by molar-refractivity contribution is -0.133. The van der Waals surface area contributed by atoms with Crippen LogP contribution >= 0.6 is 0 Å². The zero-order valence-corrected chi connectivity index (χ0v) is 18.2. The molecule has 1 aromatic rings. The van der Waals surface area contributed by atoms with Crippen molar-refractivity contribution < 1.29 is 14.0 Å². The number of unbranched alkanes of at least 4 members (excludes halogenated alkanes) is 3. The molecule has 0 spiro atoms. The second-order valence-corrected chi connectivity index (χ2v) is 8.73. The van der Waals surface area contributed by atoms with E-state index in [9.17, 15) is 14.0 Å². The minimum atomic E-state index is -0.300. The van der Waals surface area contributed by atoms with Crippen LogP contribution in [0, 0.1) is 11.7 Å². The van der Waals surface area contributed by atoms with Crippen LogP contribution in [0.15, 0.2) is 24.3 Å². The molecule has 2 fully saturated rings. The van der Waals surface area contributed by atoms with Crippen LogP contribution in [0.3, 0.4) is 0 Å². The van der Waals surface area contributed by atoms with Gasteiger partial charge in [-0.1, -0.05) is 26.2 Å². The van der Waals surface area contributed by atoms with Crippen molar-refractivity contribution in [3.63, 3.8) is 0 Å². The molecule has 3 rings (SSSR count). The summed E-state index contributed by atoms with van der Waals surface area (Å²) in [5, 5.41) is 2.91. The molecular formula is C24H36FN3O2. The fourth-order valence-electron chi connectivity index (χ4n) is 4.65. The van der Waals surface area contributed by atoms with Gasteiger partial charge >= 0.3 is 0 Å². The van der Waals surface area contributed by atoms with Crippen LogP contribution in [0.1, 0.15) is 64.7 Å². The summed E-state index contributed by atoms with van der Waals surface area (Å²) in [4.78, 5) is 29.4. The topological polar surface area (TPSA) is 52.7 Å². The molecule has 0 atom stereocenters. The van der Waals surface area contributed by atoms with E-state index in [1.165, 1.54) is 25.0 Å². The molecule has 0 radical (unpaired) electrons. The predicted molar refractivity (Wildman–Crippen MR) is 118 cm³/mol. The van der Waals surface area contributed by atoms with E-state index in [1.807, 2.05) is 4.90 Å². The number of nitrogens with zero attached hydrogens (tertiary/aromatic N) is 2. The first kappa shape index (κ1) is 22.7. The standard InChI is InChI=1S/C24H36FN3O2/c1-2-3-4-5-6-23(29)28-17-13-22(14-18-28)27-15-11-19(12-16-27)24(30)26-21-9-7-20(25)8-10-21/h7-10,19,22H,2-6,11-18H2,1H3,(H,26,30). The number of piperidine rings is 2. The van der Waals surface area contributed by atoms with Crippen molar-refractivity contribution >= 4 is 17.5 Å². The molecule has 0 bridgehead atoms. The minimum absolute atomic E-state index is 0.0103. The van der Waals surface area contributed by atoms with Crippen molar-refractivity contribution in [1.82, 2.24) is 9.80 Å². The zero-order valence-electron chi connectivity index (χ0n) is 18.2. The maximum absolute atomic E-state index is 13.0. The van der Waals surface area contributed by atoms with Crippen molar-refractivity contribution in [2.24, 2.45) is 5.92 Å². The van der Waals surface area contributed by atoms with Crippen LogP contribution in [0.25, 0.3) is 0 Å². The molecule has 2 amide bonds. The maximum atomic E-state index is 13.0. The number of hydrogen-bond acceptors (Lipinski definition) is 3. The fourth-order valence-corrected chi connectivity index (χ4v) is 4.65. The lowest BCUT2D eigenvalue weighted by Gasteiger charge is -2.41. The van der Waals surface area contributed by atoms with Crippen molar-refractivity contribution in [2.75, 3.05) is 31.5 Å². The smallest absolute Gasteiger partial charge is 0.227 e. The number of anilines is 1. The summed E-state index contributed by atoms with van der Waals surface area (Å²) < 4.78 is 13.0. The predicted octanol–water partition coefficient (Wildman–Crippen LogP) is 4.44. The molecule has 1 aromatic carbocycles. The molecule has 2 aliphatic heterocycles. The van der Waals surface area contributed by atoms with E-state index in [1.54, 1.807) is 12.1 Å². The van der Waals surface area contributed by atoms with E-state index in [4.69, 9.17) is 0 Å². The number of nitrogens with one attached hydrogen (secondary N) is 1. The highest BCUT2D eigenvalue weighted by Crippen LogP contribution is 2.25. The summed E-state index contributed by atoms with van der Waals surface area (Å²) >= 11 is 0. The van der Waals surface area contributed by atoms with Crippen molar-refractivity contribution in [2.45, 2.75) is 70.8 Å². The number of rotatable bonds is 8. The van der Waals surface area contributed by atoms with Crippen molar-refractivity contribution in [1.29, 1.82) is 0 Å². The molecule has 2 heterocycles. The van der Waals surface area contributed by atoms with Crippen molar-refractivity contribution in [3.05, 3.63) is 30.1 Å². The number of amides is 2. The van der Waals surface area contributed by atoms with Gasteiger partial charge in [-0.2, -0.15) is 0 Å². The molecule has 5 nitrogen and oxygen atoms in total. The van der Waals surface area contributed by atoms with Gasteiger partial charge in [0.15, 0.2) is 0 Å². The Labute approximate surface area is 180 Å². The van der Waals surface area contributed by atoms with Gasteiger partial charge in [-0.3, -0.25) is 9.59 Å². The average Bonchev–Trinajstić information content (AvgIpc) is 2.78. The molecule has 2 aliphatic rings. The van der Waals surface area contributed by atoms with Crippen LogP contribution in [-0.4, -0.2) is 53.8 Å². The van der Waals surface area contributed by atoms with Gasteiger partial charge < -0.3 is 15.1 Å². The Hall–Kier alpha value is -1.95. The van der Waals surface area contributed by atoms with Gasteiger partial charge in [-0.15, -0.1) is 0 Å². The fraction of sp³-hybridized carbons (Fsp3) is 0.667. The lowest BCUT2D eigenvalue weighted by Crippen LogP contribution is -2.49. The van der Waals surface area contributed by atoms with Gasteiger partial charge in [0, 0.05) is 37.2 Å². The number of hydrogen-bond donors (Lipinski definition) is 1. The van der Waals surface area contributed by atoms with E-state index < -0.39 is 0 Å². The zero-order chi connectivity index (χ0) is 21.3. The monoisotopic (exact) mass is 417 g/mol. The normalized spacial score (nSPS) is 19.1. The van der Waals surface area contributed by atoms with Gasteiger partial charge in [0.2, 0.25) is 11.8 Å². The molecule has 0 aliphatic carbocycles. The molecule has 1 N–H and O–H groups in total. The molecule has 0 unspecified atom stereocenters. The molecule has 166 valence electrons. The van der Waals surface area contributed by atoms with Crippen LogP contribution in [0.2, 0.25) is 0 Å². The Morgan fingerprint density at radius 3 is 2.27 bits per heavy atom. The first-order chi connectivity index (χ1) is 14.6. The number of carbonyl (C=O) groups excluding carboxylic acids is 2. The van der Waals surface area contributed by atoms with Gasteiger partial charge in [-0.25, -0.2) is 4.39 Å². The Morgan fingerprint density at radius 1 is 0.967 bits per heavy atom. The van der Waals surface area contributed by atoms with Crippen LogP contribution in [0.4, 0.5) is 10.1 Å². The highest BCUT2D eigenvalue weighted by Gasteiger charge is 2.31. The number of carbonyl (C=O) groups is 2. The van der Waals surface area contributed by atoms with Gasteiger partial charge in [0.1, 0.15) is 5.82 Å². The maximum Gasteiger partial charge on any atom is 0.227 e. The van der Waals surface area contributed by atoms with E-state index in [2.05, 4.69) is 17.1 Å². The highest BCUT2D eigenvalue weighted by atomic mass is 19.1. The summed E-state index contributed by atoms with van der Waals surface area (Å²) in [5.74, 6) is 0.0621. The SMILES string of the molecule is CCCCCCC(=O)N1CCC(N2CCC(C(=O)Nc3ccc(F)cc3)CC2)CC1. The molecule has 2 saturated heterocycles. The van der Waals surface area contributed by atoms with Crippen LogP contribution in [0.5, 0.6) is 0 Å². The first-order valence-corrected chi connectivity index (χ1v) is 11.6. The summed E-state index contributed by atoms with van der Waals surface area (Å²) in [6.07, 6.45) is 9.05. The Balaban J connectivity index is 1.36. The molecular weight excluding hydrogens is 381 g/mol. The van der Waals surface area contributed by atoms with Crippen molar-refractivity contribution in [3.8, 4) is 0 Å². The van der Waals surface area contributed by atoms with E-state index >= 15 is 0 Å². The minimum Gasteiger partial charge on any atom is -0.343 e. The van der Waals surface area contributed by atoms with Gasteiger partial charge in [0.25, 0.3) is 0 Å². The van der Waals surface area contributed by atoms with Crippen LogP contribution < -0.4 is 5.32 Å². The second kappa shape index (κ2) is 11.4. The summed E-state index contributed by atoms with van der Waals surface area (Å²) in [6, 6.07) is 6.44. The summed E-state index contributed by atoms with van der Waals surface area (Å²) in [5.41, 5.74) is 0.649. The molecule has 30 heavy (non-hydrogen) atoms. The second-order valence-electron chi connectivity index (χ2n) is 8.73. The van der Waals surface area contributed by atoms with E-state index in [-0.39, 0.29) is 17.6 Å². The third-order valence-corrected chi connectivity index (χ3v) is 6.59. The third kappa shape index (κ3) is 6.53. The Kier molecular flexibility index (Phi) is 8.67. The molecule has 6 heteroatoms. The number of likely N-dealkylation sites (tertiary alicyclic amines) is 2. The lowest BCUT2D eigenvalue weighted by atomic mass is 9.92. The summed E-state index contributed by atoms with van der Waals surface area (Å²) in [6.45, 7) is 5.77. The number of benzene rings is 1.